The van der Waals surface area contributed by atoms with Crippen LogP contribution in [0.2, 0.25) is 0 Å². The molecule has 0 bridgehead atoms. The second-order valence-electron chi connectivity index (χ2n) is 4.79. The Labute approximate surface area is 119 Å². The van der Waals surface area contributed by atoms with Gasteiger partial charge < -0.3 is 10.5 Å². The smallest absolute Gasteiger partial charge is 0.242 e. The van der Waals surface area contributed by atoms with Crippen LogP contribution in [0.5, 0.6) is 0 Å². The molecule has 0 saturated carbocycles. The van der Waals surface area contributed by atoms with E-state index in [1.807, 2.05) is 19.9 Å². The molecule has 20 heavy (non-hydrogen) atoms. The van der Waals surface area contributed by atoms with E-state index in [4.69, 9.17) is 15.7 Å². The van der Waals surface area contributed by atoms with Crippen LogP contribution in [0.4, 0.5) is 5.69 Å². The third-order valence-electron chi connectivity index (χ3n) is 2.87. The van der Waals surface area contributed by atoms with Crippen LogP contribution in [-0.2, 0) is 14.8 Å². The number of anilines is 1. The lowest BCUT2D eigenvalue weighted by atomic mass is 10.1. The second-order valence-corrected chi connectivity index (χ2v) is 6.48. The highest BCUT2D eigenvalue weighted by atomic mass is 32.2. The predicted molar refractivity (Wildman–Crippen MR) is 76.4 cm³/mol. The molecule has 110 valence electrons. The normalized spacial score (nSPS) is 13.2. The third kappa shape index (κ3) is 3.93. The van der Waals surface area contributed by atoms with Crippen molar-refractivity contribution in [2.75, 3.05) is 19.5 Å². The van der Waals surface area contributed by atoms with Crippen molar-refractivity contribution in [2.45, 2.75) is 24.8 Å². The van der Waals surface area contributed by atoms with Crippen molar-refractivity contribution in [1.29, 1.82) is 5.26 Å². The molecule has 0 radical (unpaired) electrons. The van der Waals surface area contributed by atoms with Crippen molar-refractivity contribution in [3.8, 4) is 6.07 Å². The van der Waals surface area contributed by atoms with Crippen LogP contribution in [0.15, 0.2) is 23.1 Å². The van der Waals surface area contributed by atoms with Crippen LogP contribution in [0, 0.1) is 17.2 Å². The number of ether oxygens (including phenoxy) is 1. The quantitative estimate of drug-likeness (QED) is 0.765. The van der Waals surface area contributed by atoms with Gasteiger partial charge >= 0.3 is 0 Å². The molecule has 1 rings (SSSR count). The molecular weight excluding hydrogens is 278 g/mol. The van der Waals surface area contributed by atoms with Gasteiger partial charge in [0, 0.05) is 18.8 Å². The highest BCUT2D eigenvalue weighted by Gasteiger charge is 2.24. The number of nitriles is 1. The fraction of sp³-hybridized carbons (Fsp3) is 0.462. The van der Waals surface area contributed by atoms with Gasteiger partial charge in [0.15, 0.2) is 0 Å². The number of benzene rings is 1. The molecule has 3 N–H and O–H groups in total. The molecule has 0 aliphatic rings. The molecule has 0 amide bonds. The number of nitrogens with two attached hydrogens (primary N) is 1. The molecule has 0 aromatic heterocycles. The first-order valence-corrected chi connectivity index (χ1v) is 7.61. The van der Waals surface area contributed by atoms with Gasteiger partial charge in [0.2, 0.25) is 10.0 Å². The molecule has 0 spiro atoms. The van der Waals surface area contributed by atoms with Crippen LogP contribution >= 0.6 is 0 Å². The van der Waals surface area contributed by atoms with Gasteiger partial charge in [0.25, 0.3) is 0 Å². The van der Waals surface area contributed by atoms with E-state index in [9.17, 15) is 8.42 Å². The maximum Gasteiger partial charge on any atom is 0.242 e. The summed E-state index contributed by atoms with van der Waals surface area (Å²) in [5, 5.41) is 9.03. The number of sulfonamides is 1. The average Bonchev–Trinajstić information content (AvgIpc) is 2.37. The van der Waals surface area contributed by atoms with Crippen molar-refractivity contribution in [2.24, 2.45) is 5.92 Å². The zero-order valence-electron chi connectivity index (χ0n) is 11.8. The molecule has 1 atom stereocenters. The van der Waals surface area contributed by atoms with Gasteiger partial charge in [-0.25, -0.2) is 13.1 Å². The van der Waals surface area contributed by atoms with Gasteiger partial charge in [0.05, 0.1) is 17.1 Å². The van der Waals surface area contributed by atoms with Crippen molar-refractivity contribution in [1.82, 2.24) is 4.72 Å². The highest BCUT2D eigenvalue weighted by molar-refractivity contribution is 7.89. The Balaban J connectivity index is 3.14. The minimum absolute atomic E-state index is 0.0254. The van der Waals surface area contributed by atoms with Crippen LogP contribution in [0.25, 0.3) is 0 Å². The van der Waals surface area contributed by atoms with Crippen LogP contribution in [0.1, 0.15) is 19.4 Å². The number of hydrogen-bond acceptors (Lipinski definition) is 5. The third-order valence-corrected chi connectivity index (χ3v) is 4.42. The van der Waals surface area contributed by atoms with E-state index in [2.05, 4.69) is 4.72 Å². The lowest BCUT2D eigenvalue weighted by Crippen LogP contribution is -2.41. The van der Waals surface area contributed by atoms with Crippen molar-refractivity contribution in [3.63, 3.8) is 0 Å². The van der Waals surface area contributed by atoms with Gasteiger partial charge in [-0.15, -0.1) is 0 Å². The first-order valence-electron chi connectivity index (χ1n) is 6.12. The van der Waals surface area contributed by atoms with Crippen LogP contribution < -0.4 is 10.5 Å². The molecule has 6 nitrogen and oxygen atoms in total. The topological polar surface area (TPSA) is 105 Å². The lowest BCUT2D eigenvalue weighted by Gasteiger charge is -2.21. The molecule has 0 fully saturated rings. The molecule has 7 heteroatoms. The van der Waals surface area contributed by atoms with Crippen molar-refractivity contribution >= 4 is 15.7 Å². The zero-order chi connectivity index (χ0) is 15.3. The first kappa shape index (κ1) is 16.4. The summed E-state index contributed by atoms with van der Waals surface area (Å²) >= 11 is 0. The van der Waals surface area contributed by atoms with Gasteiger partial charge in [-0.05, 0) is 24.1 Å². The average molecular weight is 297 g/mol. The van der Waals surface area contributed by atoms with Gasteiger partial charge in [-0.2, -0.15) is 5.26 Å². The Hall–Kier alpha value is -1.62. The summed E-state index contributed by atoms with van der Waals surface area (Å²) in [5.74, 6) is 0.0593. The van der Waals surface area contributed by atoms with E-state index in [0.717, 1.165) is 0 Å². The standard InChI is InChI=1S/C13H19N3O3S/c1-9(2)12(8-19-3)16-20(17,18)13-5-4-11(15)6-10(13)7-14/h4-6,9,12,16H,8,15H2,1-3H3. The van der Waals surface area contributed by atoms with E-state index < -0.39 is 10.0 Å². The molecular formula is C13H19N3O3S. The summed E-state index contributed by atoms with van der Waals surface area (Å²) < 4.78 is 32.3. The van der Waals surface area contributed by atoms with Gasteiger partial charge in [0.1, 0.15) is 6.07 Å². The van der Waals surface area contributed by atoms with Crippen LogP contribution in [-0.4, -0.2) is 28.2 Å². The first-order chi connectivity index (χ1) is 9.31. The molecule has 1 aromatic carbocycles. The summed E-state index contributed by atoms with van der Waals surface area (Å²) in [4.78, 5) is -0.0732. The number of nitrogens with zero attached hydrogens (tertiary/aromatic N) is 1. The summed E-state index contributed by atoms with van der Waals surface area (Å²) in [5.41, 5.74) is 5.93. The molecule has 0 heterocycles. The maximum atomic E-state index is 12.4. The van der Waals surface area contributed by atoms with E-state index in [0.29, 0.717) is 5.69 Å². The summed E-state index contributed by atoms with van der Waals surface area (Å²) in [6.45, 7) is 4.04. The van der Waals surface area contributed by atoms with Crippen LogP contribution in [0.3, 0.4) is 0 Å². The Kier molecular flexibility index (Phi) is 5.51. The predicted octanol–water partition coefficient (Wildman–Crippen LogP) is 1.09. The number of nitrogen functional groups attached to an aromatic ring is 1. The monoisotopic (exact) mass is 297 g/mol. The SMILES string of the molecule is COCC(NS(=O)(=O)c1ccc(N)cc1C#N)C(C)C. The Morgan fingerprint density at radius 3 is 2.60 bits per heavy atom. The highest BCUT2D eigenvalue weighted by Crippen LogP contribution is 2.19. The zero-order valence-corrected chi connectivity index (χ0v) is 12.6. The van der Waals surface area contributed by atoms with E-state index >= 15 is 0 Å². The Morgan fingerprint density at radius 1 is 1.45 bits per heavy atom. The molecule has 0 saturated heterocycles. The van der Waals surface area contributed by atoms with Crippen molar-refractivity contribution < 1.29 is 13.2 Å². The molecule has 1 aromatic rings. The van der Waals surface area contributed by atoms with Crippen molar-refractivity contribution in [3.05, 3.63) is 23.8 Å². The maximum absolute atomic E-state index is 12.4. The number of nitrogens with one attached hydrogen (secondary N) is 1. The van der Waals surface area contributed by atoms with Gasteiger partial charge in [-0.3, -0.25) is 0 Å². The molecule has 1 unspecified atom stereocenters. The summed E-state index contributed by atoms with van der Waals surface area (Å²) in [6.07, 6.45) is 0. The Morgan fingerprint density at radius 2 is 2.10 bits per heavy atom. The number of methoxy groups -OCH3 is 1. The summed E-state index contributed by atoms with van der Waals surface area (Å²) in [7, 11) is -2.29. The van der Waals surface area contributed by atoms with E-state index in [1.54, 1.807) is 0 Å². The van der Waals surface area contributed by atoms with E-state index in [-0.39, 0.29) is 29.0 Å². The summed E-state index contributed by atoms with van der Waals surface area (Å²) in [6, 6.07) is 5.61. The minimum Gasteiger partial charge on any atom is -0.399 e. The number of hydrogen-bond donors (Lipinski definition) is 2. The molecule has 0 aliphatic carbocycles. The fourth-order valence-electron chi connectivity index (χ4n) is 1.67. The number of rotatable bonds is 6. The Bertz CT molecular complexity index is 606. The molecule has 0 aliphatic heterocycles. The van der Waals surface area contributed by atoms with Gasteiger partial charge in [-0.1, -0.05) is 13.8 Å². The second kappa shape index (κ2) is 6.70. The largest absolute Gasteiger partial charge is 0.399 e. The minimum atomic E-state index is -3.79. The lowest BCUT2D eigenvalue weighted by molar-refractivity contribution is 0.157. The fourth-order valence-corrected chi connectivity index (χ4v) is 3.18. The van der Waals surface area contributed by atoms with E-state index in [1.165, 1.54) is 25.3 Å².